The van der Waals surface area contributed by atoms with Crippen LogP contribution in [0.2, 0.25) is 0 Å². The van der Waals surface area contributed by atoms with Gasteiger partial charge in [0.25, 0.3) is 10.0 Å². The molecule has 0 unspecified atom stereocenters. The van der Waals surface area contributed by atoms with E-state index < -0.39 is 56.0 Å². The highest BCUT2D eigenvalue weighted by Gasteiger charge is 2.73. The zero-order valence-electron chi connectivity index (χ0n) is 23.9. The normalized spacial score (nSPS) is 37.2. The number of hydrazone groups is 1. The Bertz CT molecular complexity index is 1430. The van der Waals surface area contributed by atoms with Gasteiger partial charge in [0.15, 0.2) is 0 Å². The van der Waals surface area contributed by atoms with Crippen LogP contribution in [0.3, 0.4) is 0 Å². The topological polar surface area (TPSA) is 128 Å². The minimum absolute atomic E-state index is 0.0204. The Morgan fingerprint density at radius 2 is 1.75 bits per heavy atom. The highest BCUT2D eigenvalue weighted by atomic mass is 32.2. The first-order valence-corrected chi connectivity index (χ1v) is 15.3. The lowest BCUT2D eigenvalue weighted by molar-refractivity contribution is -0.169. The number of methoxy groups -OCH3 is 2. The van der Waals surface area contributed by atoms with Crippen molar-refractivity contribution in [2.75, 3.05) is 14.2 Å². The van der Waals surface area contributed by atoms with Crippen LogP contribution in [0.5, 0.6) is 0 Å². The standard InChI is InChI=1S/C30H38N2O7S/c1-17-7-9-19(10-8-17)40(36,37)32-31-23-15-30-16-28(23,3)14-13-22(30)20-11-12-21(18(2)33)29(4,27(35)39-6)24(20)25(30)26(34)38-5/h7-11,21-22,24-25,32H,12-16H2,1-6H3/b31-23+/t21-,22+,24-,25-,28-,29-,30+/m1/s1. The molecule has 1 spiro atoms. The van der Waals surface area contributed by atoms with Gasteiger partial charge in [0.2, 0.25) is 0 Å². The fourth-order valence-electron chi connectivity index (χ4n) is 8.63. The third-order valence-electron chi connectivity index (χ3n) is 10.5. The van der Waals surface area contributed by atoms with Crippen molar-refractivity contribution in [1.29, 1.82) is 0 Å². The number of carbonyl (C=O) groups is 3. The highest BCUT2D eigenvalue weighted by Crippen LogP contribution is 2.74. The van der Waals surface area contributed by atoms with Crippen LogP contribution in [0.15, 0.2) is 45.9 Å². The Morgan fingerprint density at radius 1 is 1.07 bits per heavy atom. The number of esters is 2. The van der Waals surface area contributed by atoms with E-state index in [4.69, 9.17) is 9.47 Å². The van der Waals surface area contributed by atoms with E-state index in [2.05, 4.69) is 22.9 Å². The zero-order chi connectivity index (χ0) is 29.3. The molecular formula is C30H38N2O7S. The van der Waals surface area contributed by atoms with E-state index in [0.29, 0.717) is 25.0 Å². The summed E-state index contributed by atoms with van der Waals surface area (Å²) in [7, 11) is -1.23. The summed E-state index contributed by atoms with van der Waals surface area (Å²) in [4.78, 5) is 42.5. The van der Waals surface area contributed by atoms with Gasteiger partial charge in [-0.25, -0.2) is 4.83 Å². The summed E-state index contributed by atoms with van der Waals surface area (Å²) >= 11 is 0. The van der Waals surface area contributed by atoms with Crippen molar-refractivity contribution in [1.82, 2.24) is 4.83 Å². The molecule has 0 radical (unpaired) electrons. The van der Waals surface area contributed by atoms with Crippen molar-refractivity contribution in [3.05, 3.63) is 41.5 Å². The van der Waals surface area contributed by atoms with E-state index in [0.717, 1.165) is 24.0 Å². The second kappa shape index (κ2) is 9.53. The summed E-state index contributed by atoms with van der Waals surface area (Å²) in [5, 5.41) is 4.49. The summed E-state index contributed by atoms with van der Waals surface area (Å²) in [6, 6.07) is 6.55. The van der Waals surface area contributed by atoms with Gasteiger partial charge in [-0.05, 0) is 76.3 Å². The van der Waals surface area contributed by atoms with Crippen molar-refractivity contribution in [3.63, 3.8) is 0 Å². The van der Waals surface area contributed by atoms with Gasteiger partial charge >= 0.3 is 11.9 Å². The van der Waals surface area contributed by atoms with Gasteiger partial charge in [0, 0.05) is 23.0 Å². The number of sulfonamides is 1. The Morgan fingerprint density at radius 3 is 2.35 bits per heavy atom. The molecular weight excluding hydrogens is 532 g/mol. The number of aryl methyl sites for hydroxylation is 1. The van der Waals surface area contributed by atoms with E-state index >= 15 is 0 Å². The maximum Gasteiger partial charge on any atom is 0.312 e. The molecule has 1 aromatic carbocycles. The summed E-state index contributed by atoms with van der Waals surface area (Å²) in [5.41, 5.74) is 0.370. The third kappa shape index (κ3) is 3.96. The summed E-state index contributed by atoms with van der Waals surface area (Å²) in [5.74, 6) is -2.97. The molecule has 3 fully saturated rings. The Labute approximate surface area is 235 Å². The number of Topliss-reactive ketones (excluding diaryl/α,β-unsaturated/α-hetero) is 1. The number of rotatable bonds is 6. The molecule has 10 heteroatoms. The van der Waals surface area contributed by atoms with E-state index in [-0.39, 0.29) is 16.6 Å². The average Bonchev–Trinajstić information content (AvgIpc) is 3.32. The maximum atomic E-state index is 13.7. The molecule has 0 amide bonds. The number of ketones is 1. The van der Waals surface area contributed by atoms with Crippen molar-refractivity contribution >= 4 is 33.5 Å². The van der Waals surface area contributed by atoms with Gasteiger partial charge in [-0.2, -0.15) is 13.5 Å². The molecule has 2 bridgehead atoms. The number of ether oxygens (including phenoxy) is 2. The maximum absolute atomic E-state index is 13.7. The minimum atomic E-state index is -3.89. The quantitative estimate of drug-likeness (QED) is 0.311. The van der Waals surface area contributed by atoms with E-state index in [1.54, 1.807) is 31.2 Å². The number of benzene rings is 1. The predicted octanol–water partition coefficient (Wildman–Crippen LogP) is 3.96. The molecule has 1 aromatic rings. The van der Waals surface area contributed by atoms with Gasteiger partial charge in [0.05, 0.1) is 30.4 Å². The lowest BCUT2D eigenvalue weighted by Gasteiger charge is -2.45. The van der Waals surface area contributed by atoms with Crippen molar-refractivity contribution in [2.24, 2.45) is 45.0 Å². The van der Waals surface area contributed by atoms with Crippen molar-refractivity contribution in [2.45, 2.75) is 64.7 Å². The summed E-state index contributed by atoms with van der Waals surface area (Å²) < 4.78 is 36.8. The molecule has 3 saturated carbocycles. The first-order valence-electron chi connectivity index (χ1n) is 13.8. The van der Waals surface area contributed by atoms with Gasteiger partial charge in [-0.3, -0.25) is 14.4 Å². The molecule has 9 nitrogen and oxygen atoms in total. The summed E-state index contributed by atoms with van der Waals surface area (Å²) in [6.07, 6.45) is 4.98. The second-order valence-electron chi connectivity index (χ2n) is 12.6. The highest BCUT2D eigenvalue weighted by molar-refractivity contribution is 7.89. The largest absolute Gasteiger partial charge is 0.469 e. The average molecular weight is 571 g/mol. The molecule has 0 aromatic heterocycles. The molecule has 40 heavy (non-hydrogen) atoms. The summed E-state index contributed by atoms with van der Waals surface area (Å²) in [6.45, 7) is 7.19. The van der Waals surface area contributed by atoms with Gasteiger partial charge < -0.3 is 9.47 Å². The van der Waals surface area contributed by atoms with Gasteiger partial charge in [-0.15, -0.1) is 0 Å². The first kappa shape index (κ1) is 28.5. The number of fused-ring (bicyclic) bond motifs is 3. The molecule has 0 saturated heterocycles. The van der Waals surface area contributed by atoms with Crippen LogP contribution in [0.25, 0.3) is 0 Å². The molecule has 7 atom stereocenters. The molecule has 4 aliphatic rings. The smallest absolute Gasteiger partial charge is 0.312 e. The van der Waals surface area contributed by atoms with Crippen LogP contribution < -0.4 is 4.83 Å². The van der Waals surface area contributed by atoms with Gasteiger partial charge in [-0.1, -0.05) is 36.3 Å². The number of hydrogen-bond donors (Lipinski definition) is 1. The number of allylic oxidation sites excluding steroid dienone is 2. The van der Waals surface area contributed by atoms with Gasteiger partial charge in [0.1, 0.15) is 5.78 Å². The van der Waals surface area contributed by atoms with Crippen LogP contribution >= 0.6 is 0 Å². The number of carbonyl (C=O) groups excluding carboxylic acids is 3. The van der Waals surface area contributed by atoms with Crippen LogP contribution in [-0.4, -0.2) is 46.1 Å². The van der Waals surface area contributed by atoms with Crippen LogP contribution in [-0.2, 0) is 33.9 Å². The Hall–Kier alpha value is -3.01. The van der Waals surface area contributed by atoms with Crippen LogP contribution in [0.1, 0.15) is 58.4 Å². The molecule has 5 rings (SSSR count). The molecule has 0 aliphatic heterocycles. The molecule has 216 valence electrons. The third-order valence-corrected chi connectivity index (χ3v) is 11.7. The zero-order valence-corrected chi connectivity index (χ0v) is 24.8. The number of nitrogens with zero attached hydrogens (tertiary/aromatic N) is 1. The van der Waals surface area contributed by atoms with Crippen LogP contribution in [0, 0.1) is 46.8 Å². The second-order valence-corrected chi connectivity index (χ2v) is 14.2. The van der Waals surface area contributed by atoms with E-state index in [9.17, 15) is 22.8 Å². The van der Waals surface area contributed by atoms with Crippen molar-refractivity contribution in [3.8, 4) is 0 Å². The van der Waals surface area contributed by atoms with Crippen LogP contribution in [0.4, 0.5) is 0 Å². The Kier molecular flexibility index (Phi) is 6.80. The predicted molar refractivity (Wildman–Crippen MR) is 147 cm³/mol. The lowest BCUT2D eigenvalue weighted by atomic mass is 9.57. The first-order chi connectivity index (χ1) is 18.7. The SMILES string of the molecule is COC(=O)[C@H]1[C@H]2C(=CC[C@H](C(C)=O)[C@@]2(C)C(=O)OC)[C@@H]2CC[C@]3(C)C[C@@]21C/C3=N\NS(=O)(=O)c1ccc(C)cc1. The van der Waals surface area contributed by atoms with Crippen molar-refractivity contribution < 1.29 is 32.3 Å². The number of hydrogen-bond acceptors (Lipinski definition) is 8. The van der Waals surface area contributed by atoms with E-state index in [1.807, 2.05) is 6.92 Å². The molecule has 0 heterocycles. The Balaban J connectivity index is 1.59. The lowest BCUT2D eigenvalue weighted by Crippen LogP contribution is -2.52. The fourth-order valence-corrected chi connectivity index (χ4v) is 9.46. The molecule has 1 N–H and O–H groups in total. The molecule has 4 aliphatic carbocycles. The monoisotopic (exact) mass is 570 g/mol. The minimum Gasteiger partial charge on any atom is -0.469 e. The number of nitrogens with one attached hydrogen (secondary N) is 1. The van der Waals surface area contributed by atoms with E-state index in [1.165, 1.54) is 21.1 Å². The fraction of sp³-hybridized carbons (Fsp3) is 0.600.